The Morgan fingerprint density at radius 3 is 2.47 bits per heavy atom. The summed E-state index contributed by atoms with van der Waals surface area (Å²) < 4.78 is 24.9. The van der Waals surface area contributed by atoms with Gasteiger partial charge in [-0.2, -0.15) is 0 Å². The Kier molecular flexibility index (Phi) is 6.18. The van der Waals surface area contributed by atoms with Crippen LogP contribution in [0.4, 0.5) is 0 Å². The number of para-hydroxylation sites is 2. The summed E-state index contributed by atoms with van der Waals surface area (Å²) in [7, 11) is 0. The molecule has 2 saturated carbocycles. The molecule has 4 aliphatic carbocycles. The summed E-state index contributed by atoms with van der Waals surface area (Å²) >= 11 is 0. The maximum absolute atomic E-state index is 14.0. The lowest BCUT2D eigenvalue weighted by Gasteiger charge is -2.53. The van der Waals surface area contributed by atoms with E-state index in [2.05, 4.69) is 13.8 Å². The van der Waals surface area contributed by atoms with Crippen LogP contribution < -0.4 is 10.5 Å². The molecule has 2 bridgehead atoms. The minimum absolute atomic E-state index is 0.0112. The second-order valence-electron chi connectivity index (χ2n) is 14.2. The number of carbonyl (C=O) groups is 1. The van der Waals surface area contributed by atoms with Crippen LogP contribution >= 0.6 is 0 Å². The third-order valence-corrected chi connectivity index (χ3v) is 10.9. The third kappa shape index (κ3) is 3.97. The van der Waals surface area contributed by atoms with E-state index in [-0.39, 0.29) is 29.4 Å². The van der Waals surface area contributed by atoms with Crippen molar-refractivity contribution in [1.29, 1.82) is 0 Å². The lowest BCUT2D eigenvalue weighted by atomic mass is 9.61. The summed E-state index contributed by atoms with van der Waals surface area (Å²) in [4.78, 5) is 14.0. The lowest BCUT2D eigenvalue weighted by Crippen LogP contribution is -2.69. The average molecular weight is 588 g/mol. The van der Waals surface area contributed by atoms with Crippen LogP contribution in [0, 0.1) is 22.7 Å². The smallest absolute Gasteiger partial charge is 0.342 e. The zero-order valence-electron chi connectivity index (χ0n) is 25.4. The molecule has 3 fully saturated rings. The molecule has 8 unspecified atom stereocenters. The number of fused-ring (bicyclic) bond motifs is 5. The maximum Gasteiger partial charge on any atom is 0.342 e. The van der Waals surface area contributed by atoms with Gasteiger partial charge in [-0.3, -0.25) is 0 Å². The summed E-state index contributed by atoms with van der Waals surface area (Å²) in [6.45, 7) is 9.99. The highest BCUT2D eigenvalue weighted by atomic mass is 16.7. The van der Waals surface area contributed by atoms with E-state index in [9.17, 15) is 15.0 Å². The molecular weight excluding hydrogens is 546 g/mol. The van der Waals surface area contributed by atoms with Crippen molar-refractivity contribution in [3.63, 3.8) is 0 Å². The molecule has 43 heavy (non-hydrogen) atoms. The molecule has 1 aliphatic heterocycles. The largest absolute Gasteiger partial charge is 0.456 e. The number of esters is 1. The second kappa shape index (κ2) is 9.25. The Labute approximate surface area is 252 Å². The highest BCUT2D eigenvalue weighted by Crippen LogP contribution is 2.72. The van der Waals surface area contributed by atoms with E-state index in [1.54, 1.807) is 50.2 Å². The number of nitrogens with two attached hydrogens (primary N) is 1. The third-order valence-electron chi connectivity index (χ3n) is 10.9. The zero-order valence-corrected chi connectivity index (χ0v) is 25.4. The number of aliphatic hydroxyl groups is 2. The molecule has 0 aromatic heterocycles. The van der Waals surface area contributed by atoms with Crippen LogP contribution in [0.3, 0.4) is 0 Å². The van der Waals surface area contributed by atoms with Crippen molar-refractivity contribution in [1.82, 2.24) is 0 Å². The van der Waals surface area contributed by atoms with Crippen LogP contribution in [0.1, 0.15) is 57.8 Å². The van der Waals surface area contributed by atoms with Crippen molar-refractivity contribution >= 4 is 5.97 Å². The molecule has 2 aromatic carbocycles. The number of rotatable bonds is 4. The Bertz CT molecular complexity index is 1530. The molecule has 8 nitrogen and oxygen atoms in total. The standard InChI is InChI=1S/C35H41NO7/c1-20-17-33-16-15-24-26(31(24,2)3)34(36,30(33)38)18-21-19-40-32(4,5)43-28(21)35(33,39)27(20)42-29(37)23-13-9-10-14-25(23)41-22-11-7-6-8-12-22/h6-14,17-18,24,26-28,30,38-39H,15-16,19,36H2,1-5H3. The Hall–Kier alpha value is -3.01. The van der Waals surface area contributed by atoms with Crippen LogP contribution in [0.25, 0.3) is 0 Å². The fraction of sp³-hybridized carbons (Fsp3) is 0.514. The van der Waals surface area contributed by atoms with E-state index < -0.39 is 46.6 Å². The predicted molar refractivity (Wildman–Crippen MR) is 159 cm³/mol. The summed E-state index contributed by atoms with van der Waals surface area (Å²) in [5, 5.41) is 25.6. The monoisotopic (exact) mass is 587 g/mol. The summed E-state index contributed by atoms with van der Waals surface area (Å²) in [5.74, 6) is -0.468. The van der Waals surface area contributed by atoms with Crippen molar-refractivity contribution in [3.8, 4) is 11.5 Å². The van der Waals surface area contributed by atoms with Crippen molar-refractivity contribution in [3.05, 3.63) is 83.5 Å². The van der Waals surface area contributed by atoms with E-state index in [4.69, 9.17) is 24.7 Å². The number of ether oxygens (including phenoxy) is 4. The molecule has 0 amide bonds. The van der Waals surface area contributed by atoms with E-state index in [0.29, 0.717) is 29.1 Å². The molecule has 1 saturated heterocycles. The highest BCUT2D eigenvalue weighted by Gasteiger charge is 2.78. The van der Waals surface area contributed by atoms with Gasteiger partial charge < -0.3 is 34.9 Å². The van der Waals surface area contributed by atoms with Gasteiger partial charge in [0.15, 0.2) is 11.9 Å². The lowest BCUT2D eigenvalue weighted by molar-refractivity contribution is -0.308. The second-order valence-corrected chi connectivity index (χ2v) is 14.2. The molecular formula is C35H41NO7. The summed E-state index contributed by atoms with van der Waals surface area (Å²) in [5.41, 5.74) is 4.51. The van der Waals surface area contributed by atoms with Gasteiger partial charge in [0.1, 0.15) is 28.8 Å². The number of carbonyl (C=O) groups excluding carboxylic acids is 1. The number of hydrogen-bond donors (Lipinski definition) is 3. The van der Waals surface area contributed by atoms with Crippen LogP contribution in [0.5, 0.6) is 11.5 Å². The first-order chi connectivity index (χ1) is 20.2. The van der Waals surface area contributed by atoms with Gasteiger partial charge in [0.05, 0.1) is 23.7 Å². The first-order valence-corrected chi connectivity index (χ1v) is 15.2. The van der Waals surface area contributed by atoms with Gasteiger partial charge in [-0.15, -0.1) is 0 Å². The zero-order chi connectivity index (χ0) is 30.6. The number of hydrogen-bond acceptors (Lipinski definition) is 8. The SMILES string of the molecule is CC1=CC23CCC4C(C4(C)C)C(N)(C=C4COC(C)(C)OC4C2(O)C1OC(=O)c1ccccc1Oc1ccccc1)C3O. The van der Waals surface area contributed by atoms with Crippen molar-refractivity contribution in [2.45, 2.75) is 82.7 Å². The quantitative estimate of drug-likeness (QED) is 0.341. The van der Waals surface area contributed by atoms with Crippen LogP contribution in [0.15, 0.2) is 77.9 Å². The van der Waals surface area contributed by atoms with Crippen LogP contribution in [-0.4, -0.2) is 58.0 Å². The molecule has 7 rings (SSSR count). The first kappa shape index (κ1) is 28.7. The minimum atomic E-state index is -1.85. The molecule has 1 heterocycles. The van der Waals surface area contributed by atoms with Gasteiger partial charge >= 0.3 is 5.97 Å². The molecule has 1 spiro atoms. The molecule has 0 radical (unpaired) electrons. The van der Waals surface area contributed by atoms with Gasteiger partial charge in [-0.05, 0) is 86.3 Å². The first-order valence-electron chi connectivity index (χ1n) is 15.2. The maximum atomic E-state index is 14.0. The number of aliphatic hydroxyl groups excluding tert-OH is 1. The Morgan fingerprint density at radius 1 is 1.02 bits per heavy atom. The molecule has 8 atom stereocenters. The van der Waals surface area contributed by atoms with Crippen LogP contribution in [0.2, 0.25) is 0 Å². The Balaban J connectivity index is 1.32. The van der Waals surface area contributed by atoms with Gasteiger partial charge in [0.2, 0.25) is 0 Å². The fourth-order valence-corrected chi connectivity index (χ4v) is 8.96. The van der Waals surface area contributed by atoms with E-state index in [1.165, 1.54) is 0 Å². The van der Waals surface area contributed by atoms with Gasteiger partial charge in [-0.1, -0.05) is 56.3 Å². The fourth-order valence-electron chi connectivity index (χ4n) is 8.96. The molecule has 2 aromatic rings. The van der Waals surface area contributed by atoms with E-state index in [0.717, 1.165) is 6.42 Å². The van der Waals surface area contributed by atoms with Gasteiger partial charge in [0.25, 0.3) is 0 Å². The van der Waals surface area contributed by atoms with Crippen molar-refractivity contribution in [2.75, 3.05) is 6.61 Å². The molecule has 5 aliphatic rings. The molecule has 8 heteroatoms. The normalized spacial score (nSPS) is 40.0. The molecule has 4 N–H and O–H groups in total. The summed E-state index contributed by atoms with van der Waals surface area (Å²) in [6.07, 6.45) is 1.84. The summed E-state index contributed by atoms with van der Waals surface area (Å²) in [6, 6.07) is 16.1. The van der Waals surface area contributed by atoms with Crippen molar-refractivity contribution in [2.24, 2.45) is 28.4 Å². The van der Waals surface area contributed by atoms with Crippen LogP contribution in [-0.2, 0) is 14.2 Å². The minimum Gasteiger partial charge on any atom is -0.456 e. The average Bonchev–Trinajstić information content (AvgIpc) is 3.50. The van der Waals surface area contributed by atoms with Crippen molar-refractivity contribution < 1.29 is 34.0 Å². The van der Waals surface area contributed by atoms with Gasteiger partial charge in [0, 0.05) is 0 Å². The van der Waals surface area contributed by atoms with Gasteiger partial charge in [-0.25, -0.2) is 4.79 Å². The topological polar surface area (TPSA) is 120 Å². The Morgan fingerprint density at radius 2 is 1.72 bits per heavy atom. The molecule has 228 valence electrons. The predicted octanol–water partition coefficient (Wildman–Crippen LogP) is 4.90. The highest BCUT2D eigenvalue weighted by molar-refractivity contribution is 5.93. The van der Waals surface area contributed by atoms with E-state index >= 15 is 0 Å². The number of benzene rings is 2. The van der Waals surface area contributed by atoms with E-state index in [1.807, 2.05) is 37.3 Å².